The zero-order valence-electron chi connectivity index (χ0n) is 11.5. The number of pyridine rings is 1. The van der Waals surface area contributed by atoms with Gasteiger partial charge in [0, 0.05) is 17.6 Å². The Balaban J connectivity index is 2.37. The maximum atomic E-state index is 4.73. The number of allylic oxidation sites excluding steroid dienone is 1. The fraction of sp³-hybridized carbons (Fsp3) is 0.235. The Hall–Kier alpha value is -2.09. The monoisotopic (exact) mass is 250 g/mol. The van der Waals surface area contributed by atoms with Gasteiger partial charge in [-0.05, 0) is 43.2 Å². The van der Waals surface area contributed by atoms with Crippen LogP contribution >= 0.6 is 0 Å². The third kappa shape index (κ3) is 1.84. The van der Waals surface area contributed by atoms with Crippen molar-refractivity contribution in [3.63, 3.8) is 0 Å². The SMILES string of the molecule is C=C/C=c1/cc2n(/c1=C/C)CCc1ccc(C)nc1-2. The van der Waals surface area contributed by atoms with Gasteiger partial charge in [-0.15, -0.1) is 0 Å². The van der Waals surface area contributed by atoms with Crippen molar-refractivity contribution >= 4 is 12.2 Å². The molecule has 0 saturated carbocycles. The van der Waals surface area contributed by atoms with Gasteiger partial charge < -0.3 is 4.57 Å². The molecule has 0 aromatic carbocycles. The Morgan fingerprint density at radius 3 is 2.95 bits per heavy atom. The van der Waals surface area contributed by atoms with Gasteiger partial charge in [-0.3, -0.25) is 4.98 Å². The Morgan fingerprint density at radius 1 is 1.37 bits per heavy atom. The molecule has 96 valence electrons. The molecule has 0 radical (unpaired) electrons. The molecule has 3 rings (SSSR count). The van der Waals surface area contributed by atoms with E-state index < -0.39 is 0 Å². The zero-order valence-corrected chi connectivity index (χ0v) is 11.5. The average molecular weight is 250 g/mol. The fourth-order valence-corrected chi connectivity index (χ4v) is 2.85. The zero-order chi connectivity index (χ0) is 13.4. The number of aromatic nitrogens is 2. The highest BCUT2D eigenvalue weighted by Crippen LogP contribution is 2.25. The molecule has 0 bridgehead atoms. The first kappa shape index (κ1) is 12.0. The molecule has 0 fully saturated rings. The first-order chi connectivity index (χ1) is 9.24. The quantitative estimate of drug-likeness (QED) is 0.758. The Morgan fingerprint density at radius 2 is 2.21 bits per heavy atom. The lowest BCUT2D eigenvalue weighted by Crippen LogP contribution is -2.30. The molecule has 0 aliphatic carbocycles. The molecule has 0 saturated heterocycles. The number of aryl methyl sites for hydroxylation is 2. The van der Waals surface area contributed by atoms with Gasteiger partial charge in [-0.2, -0.15) is 0 Å². The van der Waals surface area contributed by atoms with E-state index in [0.717, 1.165) is 24.4 Å². The third-order valence-electron chi connectivity index (χ3n) is 3.71. The van der Waals surface area contributed by atoms with Gasteiger partial charge in [0.2, 0.25) is 0 Å². The predicted octanol–water partition coefficient (Wildman–Crippen LogP) is 2.18. The minimum Gasteiger partial charge on any atom is -0.339 e. The topological polar surface area (TPSA) is 17.8 Å². The van der Waals surface area contributed by atoms with E-state index in [2.05, 4.69) is 48.4 Å². The first-order valence-corrected chi connectivity index (χ1v) is 6.70. The second-order valence-corrected chi connectivity index (χ2v) is 4.92. The molecule has 0 spiro atoms. The van der Waals surface area contributed by atoms with Crippen LogP contribution < -0.4 is 10.6 Å². The fourth-order valence-electron chi connectivity index (χ4n) is 2.85. The number of hydrogen-bond donors (Lipinski definition) is 0. The number of rotatable bonds is 1. The molecule has 0 unspecified atom stereocenters. The van der Waals surface area contributed by atoms with Gasteiger partial charge in [-0.1, -0.05) is 30.9 Å². The molecule has 3 heterocycles. The molecule has 2 heteroatoms. The van der Waals surface area contributed by atoms with Crippen molar-refractivity contribution in [1.82, 2.24) is 9.55 Å². The highest BCUT2D eigenvalue weighted by atomic mass is 15.0. The van der Waals surface area contributed by atoms with Crippen LogP contribution in [0.5, 0.6) is 0 Å². The molecule has 1 aliphatic rings. The predicted molar refractivity (Wildman–Crippen MR) is 80.2 cm³/mol. The van der Waals surface area contributed by atoms with Gasteiger partial charge in [0.05, 0.1) is 11.4 Å². The van der Waals surface area contributed by atoms with Crippen LogP contribution in [0.2, 0.25) is 0 Å². The highest BCUT2D eigenvalue weighted by Gasteiger charge is 2.18. The van der Waals surface area contributed by atoms with E-state index in [9.17, 15) is 0 Å². The molecule has 1 aliphatic heterocycles. The van der Waals surface area contributed by atoms with Crippen molar-refractivity contribution in [3.05, 3.63) is 52.7 Å². The standard InChI is InChI=1S/C17H18N2/c1-4-6-14-11-16-17-13(8-7-12(3)18-17)9-10-19(16)15(14)5-2/h4-8,11H,1,9-10H2,2-3H3/b14-6-,15-5+. The maximum Gasteiger partial charge on any atom is 0.0902 e. The number of hydrogen-bond acceptors (Lipinski definition) is 1. The Labute approximate surface area is 113 Å². The van der Waals surface area contributed by atoms with Gasteiger partial charge in [-0.25, -0.2) is 0 Å². The summed E-state index contributed by atoms with van der Waals surface area (Å²) in [5.74, 6) is 0. The molecular formula is C17H18N2. The van der Waals surface area contributed by atoms with E-state index in [4.69, 9.17) is 4.98 Å². The average Bonchev–Trinajstić information content (AvgIpc) is 2.77. The van der Waals surface area contributed by atoms with Gasteiger partial charge in [0.25, 0.3) is 0 Å². The van der Waals surface area contributed by atoms with E-state index in [1.165, 1.54) is 21.8 Å². The Kier molecular flexibility index (Phi) is 2.86. The van der Waals surface area contributed by atoms with Crippen molar-refractivity contribution in [1.29, 1.82) is 0 Å². The van der Waals surface area contributed by atoms with Gasteiger partial charge in [0.1, 0.15) is 0 Å². The summed E-state index contributed by atoms with van der Waals surface area (Å²) in [6.07, 6.45) is 7.13. The van der Waals surface area contributed by atoms with Crippen LogP contribution in [0.15, 0.2) is 30.9 Å². The van der Waals surface area contributed by atoms with Crippen LogP contribution in [0.25, 0.3) is 23.5 Å². The molecular weight excluding hydrogens is 232 g/mol. The van der Waals surface area contributed by atoms with Gasteiger partial charge in [0.15, 0.2) is 0 Å². The summed E-state index contributed by atoms with van der Waals surface area (Å²) in [6.45, 7) is 8.96. The molecule has 2 nitrogen and oxygen atoms in total. The summed E-state index contributed by atoms with van der Waals surface area (Å²) in [4.78, 5) is 4.73. The van der Waals surface area contributed by atoms with Crippen LogP contribution in [0.1, 0.15) is 18.2 Å². The number of fused-ring (bicyclic) bond motifs is 3. The summed E-state index contributed by atoms with van der Waals surface area (Å²) in [6, 6.07) is 6.53. The van der Waals surface area contributed by atoms with E-state index in [1.54, 1.807) is 0 Å². The second-order valence-electron chi connectivity index (χ2n) is 4.92. The van der Waals surface area contributed by atoms with Crippen molar-refractivity contribution in [2.45, 2.75) is 26.8 Å². The normalized spacial score (nSPS) is 15.3. The molecule has 0 N–H and O–H groups in total. The molecule has 0 amide bonds. The molecule has 2 aromatic rings. The molecule has 19 heavy (non-hydrogen) atoms. The largest absolute Gasteiger partial charge is 0.339 e. The molecule has 0 atom stereocenters. The van der Waals surface area contributed by atoms with Crippen molar-refractivity contribution < 1.29 is 0 Å². The van der Waals surface area contributed by atoms with Crippen LogP contribution in [0.4, 0.5) is 0 Å². The smallest absolute Gasteiger partial charge is 0.0902 e. The second kappa shape index (κ2) is 4.54. The van der Waals surface area contributed by atoms with Crippen LogP contribution in [-0.2, 0) is 13.0 Å². The van der Waals surface area contributed by atoms with E-state index >= 15 is 0 Å². The van der Waals surface area contributed by atoms with Crippen LogP contribution in [0, 0.1) is 6.92 Å². The highest BCUT2D eigenvalue weighted by molar-refractivity contribution is 5.63. The minimum absolute atomic E-state index is 1.03. The Bertz CT molecular complexity index is 763. The number of nitrogens with zero attached hydrogens (tertiary/aromatic N) is 2. The van der Waals surface area contributed by atoms with E-state index in [0.29, 0.717) is 0 Å². The lowest BCUT2D eigenvalue weighted by molar-refractivity contribution is 0.665. The lowest BCUT2D eigenvalue weighted by Gasteiger charge is -2.19. The summed E-state index contributed by atoms with van der Waals surface area (Å²) in [5, 5.41) is 2.49. The molecule has 2 aromatic heterocycles. The summed E-state index contributed by atoms with van der Waals surface area (Å²) >= 11 is 0. The van der Waals surface area contributed by atoms with Crippen molar-refractivity contribution in [2.75, 3.05) is 0 Å². The summed E-state index contributed by atoms with van der Waals surface area (Å²) in [7, 11) is 0. The third-order valence-corrected chi connectivity index (χ3v) is 3.71. The van der Waals surface area contributed by atoms with Crippen LogP contribution in [-0.4, -0.2) is 9.55 Å². The van der Waals surface area contributed by atoms with E-state index in [-0.39, 0.29) is 0 Å². The lowest BCUT2D eigenvalue weighted by atomic mass is 10.0. The first-order valence-electron chi connectivity index (χ1n) is 6.70. The minimum atomic E-state index is 1.03. The van der Waals surface area contributed by atoms with Crippen molar-refractivity contribution in [3.8, 4) is 11.4 Å². The summed E-state index contributed by atoms with van der Waals surface area (Å²) < 4.78 is 2.37. The van der Waals surface area contributed by atoms with Gasteiger partial charge >= 0.3 is 0 Å². The maximum absolute atomic E-state index is 4.73. The summed E-state index contributed by atoms with van der Waals surface area (Å²) in [5.41, 5.74) is 4.79. The van der Waals surface area contributed by atoms with Crippen LogP contribution in [0.3, 0.4) is 0 Å². The van der Waals surface area contributed by atoms with Crippen molar-refractivity contribution in [2.24, 2.45) is 0 Å². The van der Waals surface area contributed by atoms with E-state index in [1.807, 2.05) is 13.0 Å².